The lowest BCUT2D eigenvalue weighted by Gasteiger charge is -2.05. The molecule has 0 aliphatic rings. The van der Waals surface area contributed by atoms with Gasteiger partial charge in [0.05, 0.1) is 0 Å². The number of thiophene rings is 1. The molecule has 3 rings (SSSR count). The van der Waals surface area contributed by atoms with Crippen LogP contribution in [0.2, 0.25) is 0 Å². The summed E-state index contributed by atoms with van der Waals surface area (Å²) < 4.78 is 6.03. The van der Waals surface area contributed by atoms with Gasteiger partial charge >= 0.3 is 0 Å². The van der Waals surface area contributed by atoms with Crippen LogP contribution in [0.15, 0.2) is 45.5 Å². The van der Waals surface area contributed by atoms with E-state index >= 15 is 0 Å². The van der Waals surface area contributed by atoms with Gasteiger partial charge in [0.15, 0.2) is 0 Å². The summed E-state index contributed by atoms with van der Waals surface area (Å²) in [7, 11) is 0. The van der Waals surface area contributed by atoms with Gasteiger partial charge in [-0.1, -0.05) is 31.5 Å². The number of para-hydroxylation sites is 1. The maximum absolute atomic E-state index is 6.03. The molecule has 1 N–H and O–H groups in total. The van der Waals surface area contributed by atoms with E-state index in [0.717, 1.165) is 24.3 Å². The van der Waals surface area contributed by atoms with Crippen molar-refractivity contribution in [1.29, 1.82) is 0 Å². The number of fused-ring (bicyclic) bond motifs is 1. The lowest BCUT2D eigenvalue weighted by molar-refractivity contribution is 0.531. The summed E-state index contributed by atoms with van der Waals surface area (Å²) in [6.07, 6.45) is 3.38. The minimum absolute atomic E-state index is 0.826. The van der Waals surface area contributed by atoms with Crippen molar-refractivity contribution < 1.29 is 4.42 Å². The largest absolute Gasteiger partial charge is 0.461 e. The summed E-state index contributed by atoms with van der Waals surface area (Å²) in [6, 6.07) is 10.4. The Morgan fingerprint density at radius 2 is 2.10 bits per heavy atom. The number of anilines is 1. The summed E-state index contributed by atoms with van der Waals surface area (Å²) in [5, 5.41) is 8.95. The molecule has 0 saturated carbocycles. The van der Waals surface area contributed by atoms with Crippen LogP contribution in [-0.4, -0.2) is 0 Å². The minimum Gasteiger partial charge on any atom is -0.461 e. The van der Waals surface area contributed by atoms with Crippen LogP contribution in [0.1, 0.15) is 31.1 Å². The Morgan fingerprint density at radius 1 is 1.20 bits per heavy atom. The summed E-state index contributed by atoms with van der Waals surface area (Å²) in [6.45, 7) is 3.04. The topological polar surface area (TPSA) is 25.2 Å². The minimum atomic E-state index is 0.826. The standard InChI is InChI=1S/C17H19NOS/c1-2-3-7-17-15(11-18-13-9-10-20-12-13)14-6-4-5-8-16(14)19-17/h4-6,8-10,12,18H,2-3,7,11H2,1H3. The molecule has 104 valence electrons. The zero-order valence-electron chi connectivity index (χ0n) is 11.7. The highest BCUT2D eigenvalue weighted by Gasteiger charge is 2.13. The molecule has 1 aromatic carbocycles. The molecule has 0 spiro atoms. The van der Waals surface area contributed by atoms with E-state index in [0.29, 0.717) is 0 Å². The highest BCUT2D eigenvalue weighted by Crippen LogP contribution is 2.28. The first kappa shape index (κ1) is 13.3. The highest BCUT2D eigenvalue weighted by atomic mass is 32.1. The number of hydrogen-bond acceptors (Lipinski definition) is 3. The van der Waals surface area contributed by atoms with Gasteiger partial charge in [0.2, 0.25) is 0 Å². The lowest BCUT2D eigenvalue weighted by atomic mass is 10.1. The molecular weight excluding hydrogens is 266 g/mol. The summed E-state index contributed by atoms with van der Waals surface area (Å²) in [5.41, 5.74) is 3.49. The third kappa shape index (κ3) is 2.73. The number of nitrogens with one attached hydrogen (secondary N) is 1. The van der Waals surface area contributed by atoms with Crippen molar-refractivity contribution >= 4 is 28.0 Å². The van der Waals surface area contributed by atoms with Gasteiger partial charge in [-0.2, -0.15) is 11.3 Å². The second-order valence-corrected chi connectivity index (χ2v) is 5.75. The molecule has 3 heteroatoms. The molecule has 0 aliphatic carbocycles. The van der Waals surface area contributed by atoms with Gasteiger partial charge in [0, 0.05) is 35.0 Å². The van der Waals surface area contributed by atoms with Gasteiger partial charge in [-0.05, 0) is 23.9 Å². The molecule has 0 amide bonds. The highest BCUT2D eigenvalue weighted by molar-refractivity contribution is 7.08. The Labute approximate surface area is 123 Å². The van der Waals surface area contributed by atoms with E-state index in [1.807, 2.05) is 6.07 Å². The third-order valence-electron chi connectivity index (χ3n) is 3.53. The SMILES string of the molecule is CCCCc1oc2ccccc2c1CNc1ccsc1. The second-order valence-electron chi connectivity index (χ2n) is 4.97. The Balaban J connectivity index is 1.89. The van der Waals surface area contributed by atoms with Crippen LogP contribution >= 0.6 is 11.3 Å². The van der Waals surface area contributed by atoms with E-state index in [1.165, 1.54) is 29.5 Å². The molecule has 2 aromatic heterocycles. The lowest BCUT2D eigenvalue weighted by Crippen LogP contribution is -2.00. The zero-order valence-corrected chi connectivity index (χ0v) is 12.5. The number of rotatable bonds is 6. The van der Waals surface area contributed by atoms with Gasteiger partial charge < -0.3 is 9.73 Å². The number of furan rings is 1. The molecule has 0 aliphatic heterocycles. The molecule has 3 aromatic rings. The first-order chi connectivity index (χ1) is 9.88. The van der Waals surface area contributed by atoms with Gasteiger partial charge in [0.25, 0.3) is 0 Å². The number of benzene rings is 1. The van der Waals surface area contributed by atoms with E-state index in [9.17, 15) is 0 Å². The summed E-state index contributed by atoms with van der Waals surface area (Å²) in [4.78, 5) is 0. The fourth-order valence-electron chi connectivity index (χ4n) is 2.44. The molecule has 0 radical (unpaired) electrons. The van der Waals surface area contributed by atoms with E-state index in [-0.39, 0.29) is 0 Å². The Morgan fingerprint density at radius 3 is 2.90 bits per heavy atom. The Hall–Kier alpha value is -1.74. The smallest absolute Gasteiger partial charge is 0.134 e. The molecule has 2 nitrogen and oxygen atoms in total. The predicted octanol–water partition coefficient (Wildman–Crippen LogP) is 5.45. The molecule has 0 saturated heterocycles. The van der Waals surface area contributed by atoms with Gasteiger partial charge in [-0.15, -0.1) is 0 Å². The number of hydrogen-bond donors (Lipinski definition) is 1. The average Bonchev–Trinajstić information content (AvgIpc) is 3.10. The number of aryl methyl sites for hydroxylation is 1. The van der Waals surface area contributed by atoms with Crippen LogP contribution in [-0.2, 0) is 13.0 Å². The fourth-order valence-corrected chi connectivity index (χ4v) is 3.05. The third-order valence-corrected chi connectivity index (χ3v) is 4.21. The van der Waals surface area contributed by atoms with Crippen molar-refractivity contribution in [3.8, 4) is 0 Å². The molecule has 0 atom stereocenters. The molecule has 0 fully saturated rings. The van der Waals surface area contributed by atoms with E-state index in [2.05, 4.69) is 47.3 Å². The van der Waals surface area contributed by atoms with Crippen LogP contribution in [0.3, 0.4) is 0 Å². The molecule has 0 unspecified atom stereocenters. The Bertz CT molecular complexity index is 669. The monoisotopic (exact) mass is 285 g/mol. The first-order valence-corrected chi connectivity index (χ1v) is 8.08. The average molecular weight is 285 g/mol. The number of unbranched alkanes of at least 4 members (excludes halogenated alkanes) is 1. The van der Waals surface area contributed by atoms with Gasteiger partial charge in [0.1, 0.15) is 11.3 Å². The second kappa shape index (κ2) is 6.14. The van der Waals surface area contributed by atoms with Crippen LogP contribution < -0.4 is 5.32 Å². The van der Waals surface area contributed by atoms with Crippen molar-refractivity contribution in [2.45, 2.75) is 32.7 Å². The molecule has 2 heterocycles. The van der Waals surface area contributed by atoms with Crippen molar-refractivity contribution in [1.82, 2.24) is 0 Å². The van der Waals surface area contributed by atoms with E-state index < -0.39 is 0 Å². The summed E-state index contributed by atoms with van der Waals surface area (Å²) in [5.74, 6) is 1.13. The zero-order chi connectivity index (χ0) is 13.8. The van der Waals surface area contributed by atoms with Gasteiger partial charge in [-0.3, -0.25) is 0 Å². The maximum Gasteiger partial charge on any atom is 0.134 e. The predicted molar refractivity (Wildman–Crippen MR) is 86.5 cm³/mol. The normalized spacial score (nSPS) is 11.1. The van der Waals surface area contributed by atoms with Crippen LogP contribution in [0, 0.1) is 0 Å². The molecule has 20 heavy (non-hydrogen) atoms. The summed E-state index contributed by atoms with van der Waals surface area (Å²) >= 11 is 1.71. The first-order valence-electron chi connectivity index (χ1n) is 7.14. The van der Waals surface area contributed by atoms with Crippen LogP contribution in [0.4, 0.5) is 5.69 Å². The molecule has 0 bridgehead atoms. The van der Waals surface area contributed by atoms with E-state index in [1.54, 1.807) is 11.3 Å². The maximum atomic E-state index is 6.03. The van der Waals surface area contributed by atoms with Crippen molar-refractivity contribution in [2.75, 3.05) is 5.32 Å². The van der Waals surface area contributed by atoms with Gasteiger partial charge in [-0.25, -0.2) is 0 Å². The van der Waals surface area contributed by atoms with Crippen molar-refractivity contribution in [3.05, 3.63) is 52.4 Å². The molecular formula is C17H19NOS. The van der Waals surface area contributed by atoms with Crippen molar-refractivity contribution in [2.24, 2.45) is 0 Å². The van der Waals surface area contributed by atoms with Crippen LogP contribution in [0.5, 0.6) is 0 Å². The quantitative estimate of drug-likeness (QED) is 0.651. The van der Waals surface area contributed by atoms with Crippen LogP contribution in [0.25, 0.3) is 11.0 Å². The van der Waals surface area contributed by atoms with E-state index in [4.69, 9.17) is 4.42 Å². The Kier molecular flexibility index (Phi) is 4.07. The fraction of sp³-hybridized carbons (Fsp3) is 0.294. The van der Waals surface area contributed by atoms with Crippen molar-refractivity contribution in [3.63, 3.8) is 0 Å².